The molecule has 0 amide bonds. The molecule has 1 heterocycles. The fraction of sp³-hybridized carbons (Fsp3) is 0.231. The van der Waals surface area contributed by atoms with Crippen LogP contribution in [-0.2, 0) is 17.9 Å². The van der Waals surface area contributed by atoms with Crippen LogP contribution in [0.5, 0.6) is 0 Å². The van der Waals surface area contributed by atoms with Gasteiger partial charge in [-0.15, -0.1) is 11.3 Å². The summed E-state index contributed by atoms with van der Waals surface area (Å²) in [4.78, 5) is 1.34. The molecule has 0 fully saturated rings. The first-order chi connectivity index (χ1) is 7.90. The third-order valence-corrected chi connectivity index (χ3v) is 3.23. The van der Waals surface area contributed by atoms with Crippen molar-refractivity contribution in [1.29, 1.82) is 0 Å². The van der Waals surface area contributed by atoms with Gasteiger partial charge in [-0.1, -0.05) is 24.3 Å². The average molecular weight is 233 g/mol. The van der Waals surface area contributed by atoms with E-state index in [0.29, 0.717) is 6.61 Å². The van der Waals surface area contributed by atoms with Gasteiger partial charge in [0.2, 0.25) is 0 Å². The molecular weight excluding hydrogens is 218 g/mol. The molecule has 0 bridgehead atoms. The molecule has 0 aliphatic rings. The molecule has 16 heavy (non-hydrogen) atoms. The number of benzene rings is 1. The van der Waals surface area contributed by atoms with Crippen molar-refractivity contribution < 1.29 is 4.74 Å². The molecule has 2 rings (SSSR count). The fourth-order valence-electron chi connectivity index (χ4n) is 1.57. The molecule has 0 spiro atoms. The van der Waals surface area contributed by atoms with Gasteiger partial charge in [0.25, 0.3) is 0 Å². The summed E-state index contributed by atoms with van der Waals surface area (Å²) in [6, 6.07) is 12.4. The van der Waals surface area contributed by atoms with Gasteiger partial charge in [-0.3, -0.25) is 0 Å². The van der Waals surface area contributed by atoms with Gasteiger partial charge in [0.05, 0.1) is 6.61 Å². The number of nitrogens with one attached hydrogen (secondary N) is 1. The zero-order chi connectivity index (χ0) is 11.2. The van der Waals surface area contributed by atoms with E-state index in [4.69, 9.17) is 4.74 Å². The minimum Gasteiger partial charge on any atom is -0.380 e. The summed E-state index contributed by atoms with van der Waals surface area (Å²) in [6.07, 6.45) is 0. The standard InChI is InChI=1S/C13H15NOS/c1-15-10-11-5-2-3-7-13(11)14-9-12-6-4-8-16-12/h2-8,14H,9-10H2,1H3. The van der Waals surface area contributed by atoms with Gasteiger partial charge in [0.15, 0.2) is 0 Å². The number of anilines is 1. The quantitative estimate of drug-likeness (QED) is 0.853. The smallest absolute Gasteiger partial charge is 0.0733 e. The fourth-order valence-corrected chi connectivity index (χ4v) is 2.21. The number of ether oxygens (including phenoxy) is 1. The second-order valence-corrected chi connectivity index (χ2v) is 4.56. The van der Waals surface area contributed by atoms with E-state index in [9.17, 15) is 0 Å². The topological polar surface area (TPSA) is 21.3 Å². The van der Waals surface area contributed by atoms with Gasteiger partial charge in [-0.25, -0.2) is 0 Å². The predicted octanol–water partition coefficient (Wildman–Crippen LogP) is 3.51. The van der Waals surface area contributed by atoms with Crippen molar-refractivity contribution >= 4 is 17.0 Å². The Morgan fingerprint density at radius 2 is 2.06 bits per heavy atom. The van der Waals surface area contributed by atoms with Crippen molar-refractivity contribution in [3.8, 4) is 0 Å². The van der Waals surface area contributed by atoms with Crippen molar-refractivity contribution in [3.63, 3.8) is 0 Å². The van der Waals surface area contributed by atoms with Crippen LogP contribution < -0.4 is 5.32 Å². The molecule has 2 nitrogen and oxygen atoms in total. The van der Waals surface area contributed by atoms with Crippen LogP contribution in [0, 0.1) is 0 Å². The largest absolute Gasteiger partial charge is 0.380 e. The van der Waals surface area contributed by atoms with Crippen LogP contribution in [0.2, 0.25) is 0 Å². The molecule has 0 aliphatic heterocycles. The van der Waals surface area contributed by atoms with E-state index >= 15 is 0 Å². The summed E-state index contributed by atoms with van der Waals surface area (Å²) in [7, 11) is 1.72. The average Bonchev–Trinajstić information content (AvgIpc) is 2.81. The second kappa shape index (κ2) is 5.68. The Bertz CT molecular complexity index is 425. The highest BCUT2D eigenvalue weighted by Crippen LogP contribution is 2.18. The van der Waals surface area contributed by atoms with Crippen molar-refractivity contribution in [3.05, 3.63) is 52.2 Å². The van der Waals surface area contributed by atoms with Crippen LogP contribution in [0.4, 0.5) is 5.69 Å². The minimum absolute atomic E-state index is 0.646. The van der Waals surface area contributed by atoms with E-state index in [1.807, 2.05) is 12.1 Å². The Balaban J connectivity index is 2.03. The molecule has 1 N–H and O–H groups in total. The first kappa shape index (κ1) is 11.2. The molecular formula is C13H15NOS. The number of rotatable bonds is 5. The maximum absolute atomic E-state index is 5.17. The Morgan fingerprint density at radius 3 is 2.81 bits per heavy atom. The third-order valence-electron chi connectivity index (χ3n) is 2.35. The van der Waals surface area contributed by atoms with Crippen molar-refractivity contribution in [2.45, 2.75) is 13.2 Å². The molecule has 0 saturated carbocycles. The monoisotopic (exact) mass is 233 g/mol. The highest BCUT2D eigenvalue weighted by molar-refractivity contribution is 7.09. The Morgan fingerprint density at radius 1 is 1.19 bits per heavy atom. The number of hydrogen-bond acceptors (Lipinski definition) is 3. The summed E-state index contributed by atoms with van der Waals surface area (Å²) in [5.74, 6) is 0. The maximum Gasteiger partial charge on any atom is 0.0733 e. The van der Waals surface area contributed by atoms with Crippen LogP contribution in [0.1, 0.15) is 10.4 Å². The van der Waals surface area contributed by atoms with Crippen LogP contribution in [0.25, 0.3) is 0 Å². The van der Waals surface area contributed by atoms with Gasteiger partial charge in [0.1, 0.15) is 0 Å². The van der Waals surface area contributed by atoms with Gasteiger partial charge in [-0.2, -0.15) is 0 Å². The molecule has 0 radical (unpaired) electrons. The molecule has 1 aromatic heterocycles. The van der Waals surface area contributed by atoms with Gasteiger partial charge >= 0.3 is 0 Å². The van der Waals surface area contributed by atoms with E-state index in [2.05, 4.69) is 35.0 Å². The summed E-state index contributed by atoms with van der Waals surface area (Å²) >= 11 is 1.77. The van der Waals surface area contributed by atoms with E-state index in [1.54, 1.807) is 18.4 Å². The molecule has 0 atom stereocenters. The molecule has 1 aromatic carbocycles. The third kappa shape index (κ3) is 2.84. The minimum atomic E-state index is 0.646. The maximum atomic E-state index is 5.17. The second-order valence-electron chi connectivity index (χ2n) is 3.52. The SMILES string of the molecule is COCc1ccccc1NCc1cccs1. The zero-order valence-corrected chi connectivity index (χ0v) is 10.1. The van der Waals surface area contributed by atoms with Gasteiger partial charge in [-0.05, 0) is 17.5 Å². The lowest BCUT2D eigenvalue weighted by atomic mass is 10.2. The Kier molecular flexibility index (Phi) is 3.97. The van der Waals surface area contributed by atoms with Crippen LogP contribution in [0.3, 0.4) is 0 Å². The van der Waals surface area contributed by atoms with Gasteiger partial charge < -0.3 is 10.1 Å². The first-order valence-electron chi connectivity index (χ1n) is 5.23. The lowest BCUT2D eigenvalue weighted by Gasteiger charge is -2.10. The zero-order valence-electron chi connectivity index (χ0n) is 9.27. The summed E-state index contributed by atoms with van der Waals surface area (Å²) < 4.78 is 5.17. The van der Waals surface area contributed by atoms with E-state index in [-0.39, 0.29) is 0 Å². The highest BCUT2D eigenvalue weighted by atomic mass is 32.1. The van der Waals surface area contributed by atoms with Crippen molar-refractivity contribution in [2.75, 3.05) is 12.4 Å². The molecule has 84 valence electrons. The molecule has 2 aromatic rings. The number of hydrogen-bond donors (Lipinski definition) is 1. The van der Waals surface area contributed by atoms with E-state index in [0.717, 1.165) is 12.2 Å². The first-order valence-corrected chi connectivity index (χ1v) is 6.11. The van der Waals surface area contributed by atoms with E-state index in [1.165, 1.54) is 10.4 Å². The van der Waals surface area contributed by atoms with Crippen LogP contribution >= 0.6 is 11.3 Å². The predicted molar refractivity (Wildman–Crippen MR) is 68.8 cm³/mol. The van der Waals surface area contributed by atoms with Crippen molar-refractivity contribution in [1.82, 2.24) is 0 Å². The van der Waals surface area contributed by atoms with Crippen LogP contribution in [0.15, 0.2) is 41.8 Å². The summed E-state index contributed by atoms with van der Waals surface area (Å²) in [5.41, 5.74) is 2.35. The highest BCUT2D eigenvalue weighted by Gasteiger charge is 2.00. The Hall–Kier alpha value is -1.32. The molecule has 0 aliphatic carbocycles. The lowest BCUT2D eigenvalue weighted by Crippen LogP contribution is -2.01. The lowest BCUT2D eigenvalue weighted by molar-refractivity contribution is 0.185. The van der Waals surface area contributed by atoms with Gasteiger partial charge in [0, 0.05) is 29.8 Å². The number of thiophene rings is 1. The van der Waals surface area contributed by atoms with Crippen LogP contribution in [-0.4, -0.2) is 7.11 Å². The van der Waals surface area contributed by atoms with Crippen molar-refractivity contribution in [2.24, 2.45) is 0 Å². The summed E-state index contributed by atoms with van der Waals surface area (Å²) in [6.45, 7) is 1.52. The number of para-hydroxylation sites is 1. The molecule has 0 saturated heterocycles. The Labute approximate surface area is 99.9 Å². The normalized spacial score (nSPS) is 10.3. The number of methoxy groups -OCH3 is 1. The summed E-state index contributed by atoms with van der Waals surface area (Å²) in [5, 5.41) is 5.53. The molecule has 3 heteroatoms. The molecule has 0 unspecified atom stereocenters. The van der Waals surface area contributed by atoms with E-state index < -0.39 is 0 Å².